The SMILES string of the molecule is COc1cc(/C=C2\SC(=Nc3ccc(C(=O)O)cc3)NC2=O)cc(Cl)c1OCc1ccc(Cl)cc1Cl. The Morgan fingerprint density at radius 3 is 2.50 bits per heavy atom. The highest BCUT2D eigenvalue weighted by molar-refractivity contribution is 8.18. The number of ether oxygens (including phenoxy) is 2. The van der Waals surface area contributed by atoms with Crippen molar-refractivity contribution in [1.82, 2.24) is 5.32 Å². The molecule has 0 spiro atoms. The molecule has 1 fully saturated rings. The summed E-state index contributed by atoms with van der Waals surface area (Å²) in [6.45, 7) is 0.151. The predicted octanol–water partition coefficient (Wildman–Crippen LogP) is 6.82. The number of hydrogen-bond donors (Lipinski definition) is 2. The van der Waals surface area contributed by atoms with E-state index in [2.05, 4.69) is 10.3 Å². The van der Waals surface area contributed by atoms with Crippen LogP contribution in [0.1, 0.15) is 21.5 Å². The zero-order valence-corrected chi connectivity index (χ0v) is 21.6. The van der Waals surface area contributed by atoms with E-state index in [1.165, 1.54) is 19.2 Å². The first-order valence-corrected chi connectivity index (χ1v) is 12.3. The molecule has 0 atom stereocenters. The molecule has 1 heterocycles. The van der Waals surface area contributed by atoms with Crippen molar-refractivity contribution in [2.45, 2.75) is 6.61 Å². The molecule has 0 aliphatic carbocycles. The highest BCUT2D eigenvalue weighted by Gasteiger charge is 2.24. The van der Waals surface area contributed by atoms with Crippen molar-refractivity contribution in [2.75, 3.05) is 7.11 Å². The number of carboxylic acid groups (broad SMARTS) is 1. The number of carbonyl (C=O) groups is 2. The Morgan fingerprint density at radius 1 is 1.08 bits per heavy atom. The number of amidine groups is 1. The molecule has 1 aliphatic rings. The average Bonchev–Trinajstić information content (AvgIpc) is 3.17. The van der Waals surface area contributed by atoms with Crippen LogP contribution in [0.2, 0.25) is 15.1 Å². The topological polar surface area (TPSA) is 97.2 Å². The Kier molecular flexibility index (Phi) is 8.11. The molecule has 0 aromatic heterocycles. The van der Waals surface area contributed by atoms with Gasteiger partial charge in [-0.05, 0) is 71.9 Å². The van der Waals surface area contributed by atoms with Crippen LogP contribution in [0.15, 0.2) is 64.5 Å². The van der Waals surface area contributed by atoms with E-state index in [-0.39, 0.29) is 18.1 Å². The summed E-state index contributed by atoms with van der Waals surface area (Å²) in [4.78, 5) is 28.2. The molecule has 0 saturated carbocycles. The van der Waals surface area contributed by atoms with Crippen LogP contribution in [0.4, 0.5) is 5.69 Å². The van der Waals surface area contributed by atoms with Crippen molar-refractivity contribution < 1.29 is 24.2 Å². The number of hydrogen-bond acceptors (Lipinski definition) is 6. The zero-order valence-electron chi connectivity index (χ0n) is 18.6. The number of carboxylic acids is 1. The van der Waals surface area contributed by atoms with Crippen LogP contribution in [0, 0.1) is 0 Å². The monoisotopic (exact) mass is 562 g/mol. The Morgan fingerprint density at radius 2 is 1.83 bits per heavy atom. The third kappa shape index (κ3) is 6.14. The van der Waals surface area contributed by atoms with Gasteiger partial charge in [-0.15, -0.1) is 0 Å². The van der Waals surface area contributed by atoms with Crippen LogP contribution in [-0.4, -0.2) is 29.3 Å². The van der Waals surface area contributed by atoms with E-state index in [0.717, 1.165) is 17.3 Å². The summed E-state index contributed by atoms with van der Waals surface area (Å²) in [5, 5.41) is 13.4. The second-order valence-electron chi connectivity index (χ2n) is 7.39. The van der Waals surface area contributed by atoms with E-state index in [1.807, 2.05) is 0 Å². The average molecular weight is 564 g/mol. The van der Waals surface area contributed by atoms with Gasteiger partial charge in [0.2, 0.25) is 0 Å². The van der Waals surface area contributed by atoms with Gasteiger partial charge in [-0.1, -0.05) is 40.9 Å². The lowest BCUT2D eigenvalue weighted by atomic mass is 10.1. The molecule has 0 bridgehead atoms. The zero-order chi connectivity index (χ0) is 25.8. The summed E-state index contributed by atoms with van der Waals surface area (Å²) in [5.74, 6) is -0.630. The van der Waals surface area contributed by atoms with E-state index < -0.39 is 5.97 Å². The summed E-state index contributed by atoms with van der Waals surface area (Å²) in [6, 6.07) is 14.5. The Bertz CT molecular complexity index is 1410. The maximum atomic E-state index is 12.5. The molecule has 1 saturated heterocycles. The number of benzene rings is 3. The molecule has 36 heavy (non-hydrogen) atoms. The van der Waals surface area contributed by atoms with Crippen molar-refractivity contribution in [3.05, 3.63) is 91.3 Å². The lowest BCUT2D eigenvalue weighted by Gasteiger charge is -2.14. The number of methoxy groups -OCH3 is 1. The summed E-state index contributed by atoms with van der Waals surface area (Å²) in [6.07, 6.45) is 1.66. The molecule has 3 aromatic rings. The van der Waals surface area contributed by atoms with Gasteiger partial charge in [0.25, 0.3) is 5.91 Å². The lowest BCUT2D eigenvalue weighted by Crippen LogP contribution is -2.19. The quantitative estimate of drug-likeness (QED) is 0.306. The third-order valence-electron chi connectivity index (χ3n) is 4.93. The molecule has 184 valence electrons. The van der Waals surface area contributed by atoms with Gasteiger partial charge >= 0.3 is 5.97 Å². The summed E-state index contributed by atoms with van der Waals surface area (Å²) >= 11 is 19.8. The Hall–Kier alpha value is -3.17. The fraction of sp³-hybridized carbons (Fsp3) is 0.0800. The van der Waals surface area contributed by atoms with Crippen molar-refractivity contribution >= 4 is 75.4 Å². The number of nitrogens with zero attached hydrogens (tertiary/aromatic N) is 1. The number of rotatable bonds is 7. The van der Waals surface area contributed by atoms with Gasteiger partial charge in [0.05, 0.1) is 28.3 Å². The molecular weight excluding hydrogens is 547 g/mol. The number of aromatic carboxylic acids is 1. The summed E-state index contributed by atoms with van der Waals surface area (Å²) in [7, 11) is 1.49. The molecule has 11 heteroatoms. The van der Waals surface area contributed by atoms with Gasteiger partial charge in [-0.25, -0.2) is 9.79 Å². The first-order chi connectivity index (χ1) is 17.2. The van der Waals surface area contributed by atoms with Crippen molar-refractivity contribution in [3.8, 4) is 11.5 Å². The standard InChI is InChI=1S/C25H17Cl3N2O5S/c1-34-20-9-13(8-19(28)22(20)35-12-15-2-5-16(26)11-18(15)27)10-21-23(31)30-25(36-21)29-17-6-3-14(4-7-17)24(32)33/h2-11H,12H2,1H3,(H,32,33)(H,29,30,31)/b21-10-. The highest BCUT2D eigenvalue weighted by Crippen LogP contribution is 2.39. The highest BCUT2D eigenvalue weighted by atomic mass is 35.5. The maximum Gasteiger partial charge on any atom is 0.335 e. The molecule has 0 unspecified atom stereocenters. The summed E-state index contributed by atoms with van der Waals surface area (Å²) < 4.78 is 11.3. The number of carbonyl (C=O) groups excluding carboxylic acids is 1. The molecule has 1 aliphatic heterocycles. The molecule has 0 radical (unpaired) electrons. The van der Waals surface area contributed by atoms with E-state index in [9.17, 15) is 9.59 Å². The Labute approximate surface area is 225 Å². The fourth-order valence-electron chi connectivity index (χ4n) is 3.18. The second-order valence-corrected chi connectivity index (χ2v) is 9.67. The van der Waals surface area contributed by atoms with Crippen LogP contribution in [0.3, 0.4) is 0 Å². The normalized spacial score (nSPS) is 15.3. The molecular formula is C25H17Cl3N2O5S. The first kappa shape index (κ1) is 25.9. The van der Waals surface area contributed by atoms with Crippen molar-refractivity contribution in [2.24, 2.45) is 4.99 Å². The minimum absolute atomic E-state index is 0.150. The molecule has 7 nitrogen and oxygen atoms in total. The lowest BCUT2D eigenvalue weighted by molar-refractivity contribution is -0.115. The predicted molar refractivity (Wildman–Crippen MR) is 143 cm³/mol. The molecule has 3 aromatic carbocycles. The minimum atomic E-state index is -1.03. The minimum Gasteiger partial charge on any atom is -0.493 e. The molecule has 1 amide bonds. The maximum absolute atomic E-state index is 12.5. The van der Waals surface area contributed by atoms with Gasteiger partial charge in [0, 0.05) is 15.6 Å². The number of amides is 1. The van der Waals surface area contributed by atoms with E-state index in [0.29, 0.717) is 47.9 Å². The van der Waals surface area contributed by atoms with Crippen LogP contribution in [0.5, 0.6) is 11.5 Å². The van der Waals surface area contributed by atoms with E-state index >= 15 is 0 Å². The van der Waals surface area contributed by atoms with Crippen LogP contribution >= 0.6 is 46.6 Å². The van der Waals surface area contributed by atoms with Gasteiger partial charge < -0.3 is 19.9 Å². The number of aliphatic imine (C=N–C) groups is 1. The van der Waals surface area contributed by atoms with Crippen LogP contribution in [-0.2, 0) is 11.4 Å². The number of nitrogens with one attached hydrogen (secondary N) is 1. The molecule has 4 rings (SSSR count). The van der Waals surface area contributed by atoms with Crippen LogP contribution < -0.4 is 14.8 Å². The number of halogens is 3. The second kappa shape index (κ2) is 11.3. The number of thioether (sulfide) groups is 1. The van der Waals surface area contributed by atoms with Crippen molar-refractivity contribution in [3.63, 3.8) is 0 Å². The molecule has 2 N–H and O–H groups in total. The smallest absolute Gasteiger partial charge is 0.335 e. The van der Waals surface area contributed by atoms with Gasteiger partial charge in [-0.2, -0.15) is 0 Å². The van der Waals surface area contributed by atoms with E-state index in [4.69, 9.17) is 49.4 Å². The summed E-state index contributed by atoms with van der Waals surface area (Å²) in [5.41, 5.74) is 2.01. The first-order valence-electron chi connectivity index (χ1n) is 10.3. The van der Waals surface area contributed by atoms with Crippen LogP contribution in [0.25, 0.3) is 6.08 Å². The third-order valence-corrected chi connectivity index (χ3v) is 6.71. The van der Waals surface area contributed by atoms with E-state index in [1.54, 1.807) is 48.5 Å². The van der Waals surface area contributed by atoms with Gasteiger partial charge in [0.15, 0.2) is 16.7 Å². The fourth-order valence-corrected chi connectivity index (χ4v) is 4.76. The largest absolute Gasteiger partial charge is 0.493 e. The van der Waals surface area contributed by atoms with Gasteiger partial charge in [0.1, 0.15) is 6.61 Å². The van der Waals surface area contributed by atoms with Crippen molar-refractivity contribution in [1.29, 1.82) is 0 Å². The van der Waals surface area contributed by atoms with Gasteiger partial charge in [-0.3, -0.25) is 4.79 Å². The Balaban J connectivity index is 1.52.